The van der Waals surface area contributed by atoms with Crippen LogP contribution in [0.2, 0.25) is 0 Å². The van der Waals surface area contributed by atoms with Crippen LogP contribution in [0.5, 0.6) is 0 Å². The lowest BCUT2D eigenvalue weighted by Gasteiger charge is -2.49. The van der Waals surface area contributed by atoms with Crippen LogP contribution in [0.4, 0.5) is 0 Å². The SMILES string of the molecule is CC[C@H]1CN2CC[C@H]1C[C@H]2CI. The summed E-state index contributed by atoms with van der Waals surface area (Å²) in [5, 5.41) is 0. The summed E-state index contributed by atoms with van der Waals surface area (Å²) in [4.78, 5) is 2.72. The van der Waals surface area contributed by atoms with Crippen LogP contribution < -0.4 is 0 Å². The van der Waals surface area contributed by atoms with E-state index in [1.54, 1.807) is 0 Å². The Morgan fingerprint density at radius 1 is 1.50 bits per heavy atom. The number of fused-ring (bicyclic) bond motifs is 3. The van der Waals surface area contributed by atoms with Gasteiger partial charge in [0.15, 0.2) is 0 Å². The largest absolute Gasteiger partial charge is 0.299 e. The van der Waals surface area contributed by atoms with Gasteiger partial charge in [0.25, 0.3) is 0 Å². The highest BCUT2D eigenvalue weighted by Gasteiger charge is 2.38. The molecule has 3 aliphatic rings. The van der Waals surface area contributed by atoms with Crippen molar-refractivity contribution in [2.24, 2.45) is 11.8 Å². The van der Waals surface area contributed by atoms with E-state index in [1.165, 1.54) is 36.8 Å². The van der Waals surface area contributed by atoms with Crippen molar-refractivity contribution in [1.29, 1.82) is 0 Å². The van der Waals surface area contributed by atoms with Gasteiger partial charge in [0.2, 0.25) is 0 Å². The van der Waals surface area contributed by atoms with Crippen LogP contribution >= 0.6 is 22.6 Å². The first-order valence-corrected chi connectivity index (χ1v) is 6.67. The molecule has 1 nitrogen and oxygen atoms in total. The van der Waals surface area contributed by atoms with Crippen LogP contribution in [0.3, 0.4) is 0 Å². The fourth-order valence-corrected chi connectivity index (χ4v) is 3.79. The molecule has 4 atom stereocenters. The van der Waals surface area contributed by atoms with Crippen LogP contribution in [-0.2, 0) is 0 Å². The van der Waals surface area contributed by atoms with E-state index in [-0.39, 0.29) is 0 Å². The third-order valence-corrected chi connectivity index (χ3v) is 4.73. The van der Waals surface area contributed by atoms with E-state index in [2.05, 4.69) is 34.4 Å². The molecular weight excluding hydrogens is 261 g/mol. The highest BCUT2D eigenvalue weighted by atomic mass is 127. The van der Waals surface area contributed by atoms with Gasteiger partial charge in [-0.05, 0) is 31.2 Å². The first-order valence-electron chi connectivity index (χ1n) is 5.15. The molecule has 0 aromatic rings. The summed E-state index contributed by atoms with van der Waals surface area (Å²) in [7, 11) is 0. The number of alkyl halides is 1. The van der Waals surface area contributed by atoms with Crippen molar-refractivity contribution in [3.8, 4) is 0 Å². The zero-order valence-corrected chi connectivity index (χ0v) is 9.96. The Kier molecular flexibility index (Phi) is 2.95. The second-order valence-corrected chi connectivity index (χ2v) is 5.14. The summed E-state index contributed by atoms with van der Waals surface area (Å²) in [6.07, 6.45) is 4.36. The Bertz CT molecular complexity index is 142. The van der Waals surface area contributed by atoms with Gasteiger partial charge in [-0.1, -0.05) is 35.9 Å². The zero-order chi connectivity index (χ0) is 8.55. The molecular formula is C10H18IN. The number of rotatable bonds is 2. The minimum Gasteiger partial charge on any atom is -0.299 e. The monoisotopic (exact) mass is 279 g/mol. The second kappa shape index (κ2) is 3.82. The molecule has 3 saturated heterocycles. The minimum atomic E-state index is 0.923. The molecule has 3 fully saturated rings. The molecule has 1 unspecified atom stereocenters. The topological polar surface area (TPSA) is 3.24 Å². The number of piperidine rings is 3. The van der Waals surface area contributed by atoms with Gasteiger partial charge >= 0.3 is 0 Å². The van der Waals surface area contributed by atoms with Gasteiger partial charge in [0, 0.05) is 17.0 Å². The van der Waals surface area contributed by atoms with Crippen molar-refractivity contribution < 1.29 is 0 Å². The van der Waals surface area contributed by atoms with Gasteiger partial charge in [0.05, 0.1) is 0 Å². The fourth-order valence-electron chi connectivity index (χ4n) is 2.87. The van der Waals surface area contributed by atoms with Gasteiger partial charge < -0.3 is 0 Å². The van der Waals surface area contributed by atoms with Gasteiger partial charge in [0.1, 0.15) is 0 Å². The second-order valence-electron chi connectivity index (χ2n) is 4.26. The highest BCUT2D eigenvalue weighted by molar-refractivity contribution is 14.1. The van der Waals surface area contributed by atoms with Crippen LogP contribution in [-0.4, -0.2) is 28.5 Å². The molecule has 70 valence electrons. The number of hydrogen-bond donors (Lipinski definition) is 0. The zero-order valence-electron chi connectivity index (χ0n) is 7.80. The maximum absolute atomic E-state index is 2.72. The Morgan fingerprint density at radius 2 is 2.33 bits per heavy atom. The first kappa shape index (κ1) is 9.25. The molecule has 2 heteroatoms. The summed E-state index contributed by atoms with van der Waals surface area (Å²) in [5.74, 6) is 2.10. The van der Waals surface area contributed by atoms with Crippen LogP contribution in [0.15, 0.2) is 0 Å². The lowest BCUT2D eigenvalue weighted by molar-refractivity contribution is 0.0107. The smallest absolute Gasteiger partial charge is 0.0188 e. The Morgan fingerprint density at radius 3 is 2.83 bits per heavy atom. The van der Waals surface area contributed by atoms with Crippen molar-refractivity contribution in [3.63, 3.8) is 0 Å². The predicted molar refractivity (Wildman–Crippen MR) is 60.8 cm³/mol. The van der Waals surface area contributed by atoms with Crippen LogP contribution in [0, 0.1) is 11.8 Å². The van der Waals surface area contributed by atoms with E-state index in [9.17, 15) is 0 Å². The molecule has 0 radical (unpaired) electrons. The lowest BCUT2D eigenvalue weighted by Crippen LogP contribution is -2.53. The molecule has 3 aliphatic heterocycles. The number of nitrogens with zero attached hydrogens (tertiary/aromatic N) is 1. The number of halogens is 1. The Balaban J connectivity index is 2.01. The van der Waals surface area contributed by atoms with Crippen molar-refractivity contribution in [3.05, 3.63) is 0 Å². The molecule has 3 rings (SSSR count). The molecule has 3 heterocycles. The van der Waals surface area contributed by atoms with Gasteiger partial charge in [-0.2, -0.15) is 0 Å². The molecule has 12 heavy (non-hydrogen) atoms. The summed E-state index contributed by atoms with van der Waals surface area (Å²) in [6, 6.07) is 0.923. The lowest BCUT2D eigenvalue weighted by atomic mass is 9.75. The average Bonchev–Trinajstić information content (AvgIpc) is 2.18. The van der Waals surface area contributed by atoms with Crippen LogP contribution in [0.25, 0.3) is 0 Å². The van der Waals surface area contributed by atoms with E-state index in [1.807, 2.05) is 0 Å². The third kappa shape index (κ3) is 1.52. The summed E-state index contributed by atoms with van der Waals surface area (Å²) >= 11 is 2.54. The van der Waals surface area contributed by atoms with Crippen molar-refractivity contribution in [2.75, 3.05) is 17.5 Å². The van der Waals surface area contributed by atoms with E-state index >= 15 is 0 Å². The molecule has 0 spiro atoms. The fraction of sp³-hybridized carbons (Fsp3) is 1.00. The number of hydrogen-bond acceptors (Lipinski definition) is 1. The molecule has 0 N–H and O–H groups in total. The van der Waals surface area contributed by atoms with Gasteiger partial charge in [-0.25, -0.2) is 0 Å². The molecule has 0 aromatic carbocycles. The normalized spacial score (nSPS) is 46.5. The molecule has 0 aliphatic carbocycles. The van der Waals surface area contributed by atoms with Gasteiger partial charge in [-0.15, -0.1) is 0 Å². The van der Waals surface area contributed by atoms with Gasteiger partial charge in [-0.3, -0.25) is 4.90 Å². The molecule has 0 saturated carbocycles. The van der Waals surface area contributed by atoms with E-state index in [0.717, 1.165) is 17.9 Å². The quantitative estimate of drug-likeness (QED) is 0.554. The average molecular weight is 279 g/mol. The van der Waals surface area contributed by atoms with E-state index in [0.29, 0.717) is 0 Å². The van der Waals surface area contributed by atoms with Crippen molar-refractivity contribution in [1.82, 2.24) is 4.90 Å². The Labute approximate surface area is 89.0 Å². The van der Waals surface area contributed by atoms with E-state index in [4.69, 9.17) is 0 Å². The molecule has 0 amide bonds. The summed E-state index contributed by atoms with van der Waals surface area (Å²) in [5.41, 5.74) is 0. The first-order chi connectivity index (χ1) is 5.85. The predicted octanol–water partition coefficient (Wildman–Crippen LogP) is 2.54. The van der Waals surface area contributed by atoms with Crippen LogP contribution in [0.1, 0.15) is 26.2 Å². The summed E-state index contributed by atoms with van der Waals surface area (Å²) < 4.78 is 1.34. The van der Waals surface area contributed by atoms with E-state index < -0.39 is 0 Å². The molecule has 0 aromatic heterocycles. The maximum atomic E-state index is 2.72. The minimum absolute atomic E-state index is 0.923. The molecule has 2 bridgehead atoms. The van der Waals surface area contributed by atoms with Crippen molar-refractivity contribution >= 4 is 22.6 Å². The maximum Gasteiger partial charge on any atom is 0.0188 e. The Hall–Kier alpha value is 0.690. The third-order valence-electron chi connectivity index (χ3n) is 3.72. The summed E-state index contributed by atoms with van der Waals surface area (Å²) in [6.45, 7) is 5.13. The highest BCUT2D eigenvalue weighted by Crippen LogP contribution is 2.38. The van der Waals surface area contributed by atoms with Crippen molar-refractivity contribution in [2.45, 2.75) is 32.2 Å². The standard InChI is InChI=1S/C10H18IN/c1-2-8-7-12-4-3-9(8)5-10(12)6-11/h8-10H,2-7H2,1H3/t8-,9-,10-/m0/s1.